The van der Waals surface area contributed by atoms with Crippen LogP contribution >= 0.6 is 0 Å². The van der Waals surface area contributed by atoms with Gasteiger partial charge < -0.3 is 14.2 Å². The highest BCUT2D eigenvalue weighted by Gasteiger charge is 2.49. The zero-order valence-corrected chi connectivity index (χ0v) is 14.8. The molecular formula is C14H20N4O8. The molecule has 0 aromatic heterocycles. The van der Waals surface area contributed by atoms with Gasteiger partial charge in [0.1, 0.15) is 13.2 Å². The molecule has 0 radical (unpaired) electrons. The van der Waals surface area contributed by atoms with Crippen molar-refractivity contribution in [2.24, 2.45) is 5.11 Å². The van der Waals surface area contributed by atoms with Gasteiger partial charge in [0, 0.05) is 25.7 Å². The molecule has 2 unspecified atom stereocenters. The number of esters is 3. The summed E-state index contributed by atoms with van der Waals surface area (Å²) >= 11 is 0. The van der Waals surface area contributed by atoms with E-state index in [0.717, 1.165) is 18.9 Å². The second-order valence-corrected chi connectivity index (χ2v) is 5.44. The highest BCUT2D eigenvalue weighted by atomic mass is 16.7. The predicted molar refractivity (Wildman–Crippen MR) is 82.9 cm³/mol. The van der Waals surface area contributed by atoms with E-state index in [0.29, 0.717) is 0 Å². The first-order valence-electron chi connectivity index (χ1n) is 7.64. The van der Waals surface area contributed by atoms with Crippen LogP contribution in [0.5, 0.6) is 0 Å². The lowest BCUT2D eigenvalue weighted by molar-refractivity contribution is -0.300. The van der Waals surface area contributed by atoms with E-state index in [9.17, 15) is 19.2 Å². The molecule has 4 atom stereocenters. The fourth-order valence-corrected chi connectivity index (χ4v) is 2.39. The third kappa shape index (κ3) is 5.90. The number of hydrogen-bond acceptors (Lipinski definition) is 9. The van der Waals surface area contributed by atoms with Crippen LogP contribution in [0.1, 0.15) is 27.7 Å². The number of amides is 1. The fourth-order valence-electron chi connectivity index (χ4n) is 2.39. The standard InChI is InChI=1S/C14H20N4O8/c1-7-13(24-9(3)20)14(25-10(4)21)11(6-23-8(2)19)26-18(7)12(22)5-16-17-15/h7,11,13-14H,5-6H2,1-4H3/t7-,11?,13?,14+/m1/s1. The summed E-state index contributed by atoms with van der Waals surface area (Å²) < 4.78 is 15.3. The molecule has 1 aliphatic heterocycles. The van der Waals surface area contributed by atoms with E-state index in [1.54, 1.807) is 0 Å². The number of hydroxylamine groups is 2. The van der Waals surface area contributed by atoms with Gasteiger partial charge in [-0.15, -0.1) is 0 Å². The Kier molecular flexibility index (Phi) is 7.81. The molecule has 1 aliphatic rings. The second kappa shape index (κ2) is 9.59. The minimum atomic E-state index is -1.12. The van der Waals surface area contributed by atoms with Crippen LogP contribution in [0, 0.1) is 0 Å². The molecule has 0 aromatic carbocycles. The van der Waals surface area contributed by atoms with Gasteiger partial charge in [0.05, 0.1) is 6.04 Å². The Bertz CT molecular complexity index is 618. The first-order chi connectivity index (χ1) is 12.2. The topological polar surface area (TPSA) is 157 Å². The molecule has 12 nitrogen and oxygen atoms in total. The normalized spacial score (nSPS) is 24.8. The molecule has 0 spiro atoms. The summed E-state index contributed by atoms with van der Waals surface area (Å²) in [5, 5.41) is 4.02. The Labute approximate surface area is 148 Å². The van der Waals surface area contributed by atoms with Crippen molar-refractivity contribution < 1.29 is 38.2 Å². The van der Waals surface area contributed by atoms with Gasteiger partial charge in [-0.1, -0.05) is 5.11 Å². The molecule has 1 fully saturated rings. The lowest BCUT2D eigenvalue weighted by atomic mass is 9.99. The van der Waals surface area contributed by atoms with Gasteiger partial charge in [0.2, 0.25) is 0 Å². The molecule has 0 bridgehead atoms. The number of carbonyl (C=O) groups is 4. The maximum atomic E-state index is 12.2. The van der Waals surface area contributed by atoms with Crippen LogP contribution in [0.15, 0.2) is 5.11 Å². The average molecular weight is 372 g/mol. The monoisotopic (exact) mass is 372 g/mol. The molecule has 1 saturated heterocycles. The zero-order valence-electron chi connectivity index (χ0n) is 14.8. The Morgan fingerprint density at radius 1 is 1.08 bits per heavy atom. The number of rotatable bonds is 6. The summed E-state index contributed by atoms with van der Waals surface area (Å²) in [6.45, 7) is 4.08. The Morgan fingerprint density at radius 3 is 2.15 bits per heavy atom. The SMILES string of the molecule is CC(=O)OCC1ON(C(=O)CN=[N+]=[N-])[C@H](C)C(OC(C)=O)[C@H]1OC(C)=O. The van der Waals surface area contributed by atoms with E-state index < -0.39 is 54.7 Å². The van der Waals surface area contributed by atoms with Crippen molar-refractivity contribution in [3.8, 4) is 0 Å². The van der Waals surface area contributed by atoms with E-state index in [4.69, 9.17) is 24.6 Å². The van der Waals surface area contributed by atoms with Crippen LogP contribution in [0.25, 0.3) is 10.4 Å². The number of ether oxygens (including phenoxy) is 3. The van der Waals surface area contributed by atoms with Gasteiger partial charge >= 0.3 is 17.9 Å². The highest BCUT2D eigenvalue weighted by Crippen LogP contribution is 2.27. The summed E-state index contributed by atoms with van der Waals surface area (Å²) in [6, 6.07) is -0.863. The smallest absolute Gasteiger partial charge is 0.303 e. The Balaban J connectivity index is 3.16. The molecule has 144 valence electrons. The van der Waals surface area contributed by atoms with Crippen LogP contribution < -0.4 is 0 Å². The molecule has 1 heterocycles. The van der Waals surface area contributed by atoms with E-state index in [1.807, 2.05) is 0 Å². The van der Waals surface area contributed by atoms with Crippen molar-refractivity contribution in [3.63, 3.8) is 0 Å². The summed E-state index contributed by atoms with van der Waals surface area (Å²) in [7, 11) is 0. The molecule has 0 aromatic rings. The largest absolute Gasteiger partial charge is 0.463 e. The van der Waals surface area contributed by atoms with Gasteiger partial charge in [-0.25, -0.2) is 5.06 Å². The van der Waals surface area contributed by atoms with Crippen LogP contribution in [-0.2, 0) is 38.2 Å². The maximum Gasteiger partial charge on any atom is 0.303 e. The minimum absolute atomic E-state index is 0.358. The molecular weight excluding hydrogens is 352 g/mol. The molecule has 1 rings (SSSR count). The predicted octanol–water partition coefficient (Wildman–Crippen LogP) is 0.254. The van der Waals surface area contributed by atoms with Crippen molar-refractivity contribution in [2.45, 2.75) is 52.0 Å². The first kappa shape index (κ1) is 21.2. The average Bonchev–Trinajstić information content (AvgIpc) is 2.54. The lowest BCUT2D eigenvalue weighted by Crippen LogP contribution is -2.63. The van der Waals surface area contributed by atoms with Crippen molar-refractivity contribution in [3.05, 3.63) is 10.4 Å². The van der Waals surface area contributed by atoms with Crippen LogP contribution in [0.3, 0.4) is 0 Å². The second-order valence-electron chi connectivity index (χ2n) is 5.44. The molecule has 0 aliphatic carbocycles. The number of nitrogens with zero attached hydrogens (tertiary/aromatic N) is 4. The highest BCUT2D eigenvalue weighted by molar-refractivity contribution is 5.78. The first-order valence-corrected chi connectivity index (χ1v) is 7.64. The lowest BCUT2D eigenvalue weighted by Gasteiger charge is -2.45. The van der Waals surface area contributed by atoms with Gasteiger partial charge in [-0.2, -0.15) is 0 Å². The fraction of sp³-hybridized carbons (Fsp3) is 0.714. The number of hydrogen-bond donors (Lipinski definition) is 0. The number of carbonyl (C=O) groups excluding carboxylic acids is 4. The summed E-state index contributed by atoms with van der Waals surface area (Å²) in [4.78, 5) is 54.1. The number of azide groups is 1. The van der Waals surface area contributed by atoms with E-state index in [-0.39, 0.29) is 6.61 Å². The Morgan fingerprint density at radius 2 is 1.65 bits per heavy atom. The molecule has 26 heavy (non-hydrogen) atoms. The third-order valence-electron chi connectivity index (χ3n) is 3.35. The molecule has 0 N–H and O–H groups in total. The van der Waals surface area contributed by atoms with Crippen molar-refractivity contribution in [2.75, 3.05) is 13.2 Å². The molecule has 1 amide bonds. The molecule has 0 saturated carbocycles. The Hall–Kier alpha value is -2.85. The minimum Gasteiger partial charge on any atom is -0.463 e. The van der Waals surface area contributed by atoms with Crippen molar-refractivity contribution >= 4 is 23.8 Å². The van der Waals surface area contributed by atoms with Gasteiger partial charge in [0.25, 0.3) is 5.91 Å². The van der Waals surface area contributed by atoms with Crippen LogP contribution in [0.4, 0.5) is 0 Å². The van der Waals surface area contributed by atoms with E-state index >= 15 is 0 Å². The summed E-state index contributed by atoms with van der Waals surface area (Å²) in [5.74, 6) is -2.68. The van der Waals surface area contributed by atoms with Crippen LogP contribution in [0.2, 0.25) is 0 Å². The van der Waals surface area contributed by atoms with Crippen LogP contribution in [-0.4, -0.2) is 66.4 Å². The quantitative estimate of drug-likeness (QED) is 0.211. The zero-order chi connectivity index (χ0) is 19.9. The summed E-state index contributed by atoms with van der Waals surface area (Å²) in [5.41, 5.74) is 8.35. The van der Waals surface area contributed by atoms with Gasteiger partial charge in [0.15, 0.2) is 18.3 Å². The van der Waals surface area contributed by atoms with E-state index in [1.165, 1.54) is 13.8 Å². The van der Waals surface area contributed by atoms with Crippen molar-refractivity contribution in [1.29, 1.82) is 0 Å². The third-order valence-corrected chi connectivity index (χ3v) is 3.35. The van der Waals surface area contributed by atoms with Gasteiger partial charge in [-0.05, 0) is 12.5 Å². The van der Waals surface area contributed by atoms with E-state index in [2.05, 4.69) is 10.0 Å². The molecule has 12 heteroatoms. The summed E-state index contributed by atoms with van der Waals surface area (Å²) in [6.07, 6.45) is -3.31. The van der Waals surface area contributed by atoms with Gasteiger partial charge in [-0.3, -0.25) is 24.0 Å². The van der Waals surface area contributed by atoms with Crippen molar-refractivity contribution in [1.82, 2.24) is 5.06 Å². The maximum absolute atomic E-state index is 12.2.